The Morgan fingerprint density at radius 3 is 2.22 bits per heavy atom. The van der Waals surface area contributed by atoms with E-state index in [4.69, 9.17) is 4.74 Å². The number of carbonyl (C=O) groups excluding carboxylic acids is 1. The average Bonchev–Trinajstić information content (AvgIpc) is 2.32. The molecule has 0 spiro atoms. The lowest BCUT2D eigenvalue weighted by Gasteiger charge is -2.16. The first kappa shape index (κ1) is 14.7. The van der Waals surface area contributed by atoms with E-state index < -0.39 is 23.6 Å². The molecule has 18 heavy (non-hydrogen) atoms. The third-order valence-electron chi connectivity index (χ3n) is 2.43. The SMILES string of the molecule is CCCC(=O)C(OCC)c1cc(F)c(F)c(F)c1. The van der Waals surface area contributed by atoms with Crippen molar-refractivity contribution in [1.29, 1.82) is 0 Å². The van der Waals surface area contributed by atoms with E-state index >= 15 is 0 Å². The molecule has 5 heteroatoms. The van der Waals surface area contributed by atoms with E-state index in [-0.39, 0.29) is 24.4 Å². The first-order valence-corrected chi connectivity index (χ1v) is 5.80. The molecular weight excluding hydrogens is 245 g/mol. The van der Waals surface area contributed by atoms with Crippen molar-refractivity contribution in [2.75, 3.05) is 6.61 Å². The second kappa shape index (κ2) is 6.54. The second-order valence-electron chi connectivity index (χ2n) is 3.85. The van der Waals surface area contributed by atoms with Crippen LogP contribution in [0.3, 0.4) is 0 Å². The summed E-state index contributed by atoms with van der Waals surface area (Å²) in [4.78, 5) is 11.8. The standard InChI is InChI=1S/C13H15F3O2/c1-3-5-11(17)13(18-4-2)8-6-9(14)12(16)10(15)7-8/h6-7,13H,3-5H2,1-2H3. The molecule has 100 valence electrons. The summed E-state index contributed by atoms with van der Waals surface area (Å²) in [6.07, 6.45) is -0.195. The maximum absolute atomic E-state index is 13.1. The van der Waals surface area contributed by atoms with Crippen LogP contribution in [-0.2, 0) is 9.53 Å². The van der Waals surface area contributed by atoms with Gasteiger partial charge in [-0.05, 0) is 31.0 Å². The van der Waals surface area contributed by atoms with Crippen molar-refractivity contribution in [3.05, 3.63) is 35.1 Å². The Hall–Kier alpha value is -1.36. The molecule has 0 fully saturated rings. The van der Waals surface area contributed by atoms with Crippen LogP contribution in [-0.4, -0.2) is 12.4 Å². The third-order valence-corrected chi connectivity index (χ3v) is 2.43. The van der Waals surface area contributed by atoms with Crippen LogP contribution < -0.4 is 0 Å². The lowest BCUT2D eigenvalue weighted by atomic mass is 10.0. The maximum Gasteiger partial charge on any atom is 0.194 e. The molecule has 0 aromatic heterocycles. The van der Waals surface area contributed by atoms with Crippen molar-refractivity contribution in [1.82, 2.24) is 0 Å². The van der Waals surface area contributed by atoms with Crippen molar-refractivity contribution in [2.45, 2.75) is 32.8 Å². The Morgan fingerprint density at radius 1 is 1.22 bits per heavy atom. The number of rotatable bonds is 6. The van der Waals surface area contributed by atoms with Gasteiger partial charge < -0.3 is 4.74 Å². The summed E-state index contributed by atoms with van der Waals surface area (Å²) in [6, 6.07) is 1.60. The number of halogens is 3. The molecule has 1 rings (SSSR count). The minimum atomic E-state index is -1.54. The van der Waals surface area contributed by atoms with E-state index in [1.807, 2.05) is 6.92 Å². The van der Waals surface area contributed by atoms with Crippen molar-refractivity contribution < 1.29 is 22.7 Å². The van der Waals surface area contributed by atoms with Gasteiger partial charge in [0.05, 0.1) is 0 Å². The first-order valence-electron chi connectivity index (χ1n) is 5.80. The van der Waals surface area contributed by atoms with Gasteiger partial charge in [0.25, 0.3) is 0 Å². The molecule has 0 saturated heterocycles. The predicted octanol–water partition coefficient (Wildman–Crippen LogP) is 3.55. The summed E-state index contributed by atoms with van der Waals surface area (Å²) in [5.41, 5.74) is 0.00620. The molecule has 0 aliphatic heterocycles. The van der Waals surface area contributed by atoms with E-state index in [9.17, 15) is 18.0 Å². The molecule has 0 aliphatic rings. The van der Waals surface area contributed by atoms with E-state index in [2.05, 4.69) is 0 Å². The number of hydrogen-bond acceptors (Lipinski definition) is 2. The molecule has 0 bridgehead atoms. The van der Waals surface area contributed by atoms with E-state index in [0.717, 1.165) is 12.1 Å². The molecule has 0 N–H and O–H groups in total. The molecule has 0 heterocycles. The van der Waals surface area contributed by atoms with Crippen LogP contribution in [0.5, 0.6) is 0 Å². The Balaban J connectivity index is 3.09. The summed E-state index contributed by atoms with van der Waals surface area (Å²) < 4.78 is 44.2. The summed E-state index contributed by atoms with van der Waals surface area (Å²) in [5, 5.41) is 0. The fraction of sp³-hybridized carbons (Fsp3) is 0.462. The van der Waals surface area contributed by atoms with Gasteiger partial charge in [-0.3, -0.25) is 4.79 Å². The zero-order valence-electron chi connectivity index (χ0n) is 10.3. The molecule has 1 atom stereocenters. The van der Waals surface area contributed by atoms with Gasteiger partial charge in [-0.15, -0.1) is 0 Å². The third kappa shape index (κ3) is 3.32. The van der Waals surface area contributed by atoms with Gasteiger partial charge in [0.2, 0.25) is 0 Å². The fourth-order valence-electron chi connectivity index (χ4n) is 1.65. The van der Waals surface area contributed by atoms with Crippen LogP contribution in [0.25, 0.3) is 0 Å². The van der Waals surface area contributed by atoms with Crippen molar-refractivity contribution in [3.63, 3.8) is 0 Å². The highest BCUT2D eigenvalue weighted by Crippen LogP contribution is 2.24. The zero-order valence-corrected chi connectivity index (χ0v) is 10.3. The van der Waals surface area contributed by atoms with E-state index in [1.165, 1.54) is 0 Å². The Labute approximate surface area is 104 Å². The van der Waals surface area contributed by atoms with Gasteiger partial charge in [0, 0.05) is 13.0 Å². The van der Waals surface area contributed by atoms with E-state index in [1.54, 1.807) is 6.92 Å². The smallest absolute Gasteiger partial charge is 0.194 e. The number of ketones is 1. The topological polar surface area (TPSA) is 26.3 Å². The monoisotopic (exact) mass is 260 g/mol. The van der Waals surface area contributed by atoms with Crippen LogP contribution in [0, 0.1) is 17.5 Å². The molecule has 1 aromatic carbocycles. The molecule has 1 aromatic rings. The molecule has 0 amide bonds. The number of ether oxygens (including phenoxy) is 1. The molecule has 0 saturated carbocycles. The van der Waals surface area contributed by atoms with Gasteiger partial charge >= 0.3 is 0 Å². The number of hydrogen-bond donors (Lipinski definition) is 0. The zero-order chi connectivity index (χ0) is 13.7. The number of Topliss-reactive ketones (excluding diaryl/α,β-unsaturated/α-hetero) is 1. The summed E-state index contributed by atoms with van der Waals surface area (Å²) in [5.74, 6) is -4.46. The van der Waals surface area contributed by atoms with Crippen LogP contribution in [0.4, 0.5) is 13.2 Å². The largest absolute Gasteiger partial charge is 0.366 e. The summed E-state index contributed by atoms with van der Waals surface area (Å²) in [7, 11) is 0. The average molecular weight is 260 g/mol. The van der Waals surface area contributed by atoms with Gasteiger partial charge in [-0.1, -0.05) is 6.92 Å². The fourth-order valence-corrected chi connectivity index (χ4v) is 1.65. The van der Waals surface area contributed by atoms with Crippen LogP contribution in [0.2, 0.25) is 0 Å². The highest BCUT2D eigenvalue weighted by Gasteiger charge is 2.23. The Kier molecular flexibility index (Phi) is 5.34. The Bertz CT molecular complexity index is 409. The predicted molar refractivity (Wildman–Crippen MR) is 60.6 cm³/mol. The highest BCUT2D eigenvalue weighted by atomic mass is 19.2. The quantitative estimate of drug-likeness (QED) is 0.731. The maximum atomic E-state index is 13.1. The molecule has 0 radical (unpaired) electrons. The molecule has 1 unspecified atom stereocenters. The second-order valence-corrected chi connectivity index (χ2v) is 3.85. The van der Waals surface area contributed by atoms with Crippen molar-refractivity contribution in [2.24, 2.45) is 0 Å². The van der Waals surface area contributed by atoms with Crippen LogP contribution in [0.1, 0.15) is 38.4 Å². The normalized spacial score (nSPS) is 12.5. The minimum Gasteiger partial charge on any atom is -0.366 e. The lowest BCUT2D eigenvalue weighted by molar-refractivity contribution is -0.130. The number of benzene rings is 1. The van der Waals surface area contributed by atoms with Gasteiger partial charge in [0.15, 0.2) is 23.2 Å². The summed E-state index contributed by atoms with van der Waals surface area (Å²) >= 11 is 0. The van der Waals surface area contributed by atoms with Crippen LogP contribution >= 0.6 is 0 Å². The molecule has 2 nitrogen and oxygen atoms in total. The van der Waals surface area contributed by atoms with Gasteiger partial charge in [0.1, 0.15) is 6.10 Å². The highest BCUT2D eigenvalue weighted by molar-refractivity contribution is 5.84. The molecule has 0 aliphatic carbocycles. The summed E-state index contributed by atoms with van der Waals surface area (Å²) in [6.45, 7) is 3.70. The van der Waals surface area contributed by atoms with Crippen LogP contribution in [0.15, 0.2) is 12.1 Å². The number of carbonyl (C=O) groups is 1. The van der Waals surface area contributed by atoms with Crippen molar-refractivity contribution >= 4 is 5.78 Å². The minimum absolute atomic E-state index is 0.00620. The first-order chi connectivity index (χ1) is 8.51. The van der Waals surface area contributed by atoms with Gasteiger partial charge in [-0.25, -0.2) is 13.2 Å². The molecular formula is C13H15F3O2. The van der Waals surface area contributed by atoms with E-state index in [0.29, 0.717) is 6.42 Å². The Morgan fingerprint density at radius 2 is 1.78 bits per heavy atom. The lowest BCUT2D eigenvalue weighted by Crippen LogP contribution is -2.16. The van der Waals surface area contributed by atoms with Crippen molar-refractivity contribution in [3.8, 4) is 0 Å². The van der Waals surface area contributed by atoms with Gasteiger partial charge in [-0.2, -0.15) is 0 Å².